The van der Waals surface area contributed by atoms with Crippen LogP contribution in [0.25, 0.3) is 0 Å². The maximum Gasteiger partial charge on any atom is 0.162 e. The number of nitrogen functional groups attached to an aromatic ring is 1. The van der Waals surface area contributed by atoms with E-state index in [4.69, 9.17) is 19.9 Å². The molecule has 1 aromatic rings. The van der Waals surface area contributed by atoms with Gasteiger partial charge in [0.15, 0.2) is 11.5 Å². The average Bonchev–Trinajstić information content (AvgIpc) is 2.47. The van der Waals surface area contributed by atoms with Gasteiger partial charge in [0, 0.05) is 38.4 Å². The Kier molecular flexibility index (Phi) is 4.37. The third kappa shape index (κ3) is 2.87. The molecule has 0 amide bonds. The molecule has 5 nitrogen and oxygen atoms in total. The van der Waals surface area contributed by atoms with Gasteiger partial charge >= 0.3 is 0 Å². The van der Waals surface area contributed by atoms with Crippen LogP contribution in [0.15, 0.2) is 12.1 Å². The van der Waals surface area contributed by atoms with Crippen LogP contribution in [0.3, 0.4) is 0 Å². The van der Waals surface area contributed by atoms with E-state index in [0.717, 1.165) is 31.7 Å². The second-order valence-electron chi connectivity index (χ2n) is 4.72. The monoisotopic (exact) mass is 266 g/mol. The van der Waals surface area contributed by atoms with Gasteiger partial charge in [-0.15, -0.1) is 0 Å². The molecule has 1 aromatic carbocycles. The Morgan fingerprint density at radius 3 is 2.32 bits per heavy atom. The van der Waals surface area contributed by atoms with Crippen LogP contribution in [0.5, 0.6) is 11.5 Å². The van der Waals surface area contributed by atoms with Crippen LogP contribution in [0.4, 0.5) is 11.4 Å². The summed E-state index contributed by atoms with van der Waals surface area (Å²) in [5.41, 5.74) is 7.80. The van der Waals surface area contributed by atoms with E-state index >= 15 is 0 Å². The minimum atomic E-state index is 0.453. The molecule has 1 aliphatic heterocycles. The smallest absolute Gasteiger partial charge is 0.162 e. The van der Waals surface area contributed by atoms with E-state index < -0.39 is 0 Å². The zero-order valence-electron chi connectivity index (χ0n) is 11.8. The van der Waals surface area contributed by atoms with Crippen LogP contribution < -0.4 is 20.1 Å². The van der Waals surface area contributed by atoms with Crippen LogP contribution >= 0.6 is 0 Å². The molecular weight excluding hydrogens is 244 g/mol. The molecule has 0 saturated carbocycles. The molecule has 0 radical (unpaired) electrons. The number of benzene rings is 1. The first-order valence-electron chi connectivity index (χ1n) is 6.49. The van der Waals surface area contributed by atoms with Gasteiger partial charge in [0.2, 0.25) is 0 Å². The van der Waals surface area contributed by atoms with Gasteiger partial charge in [0.1, 0.15) is 0 Å². The summed E-state index contributed by atoms with van der Waals surface area (Å²) >= 11 is 0. The van der Waals surface area contributed by atoms with Crippen molar-refractivity contribution in [3.63, 3.8) is 0 Å². The molecule has 0 atom stereocenters. The molecule has 106 valence electrons. The van der Waals surface area contributed by atoms with Gasteiger partial charge in [0.25, 0.3) is 0 Å². The fourth-order valence-electron chi connectivity index (χ4n) is 2.46. The van der Waals surface area contributed by atoms with Gasteiger partial charge in [-0.2, -0.15) is 0 Å². The highest BCUT2D eigenvalue weighted by atomic mass is 16.5. The lowest BCUT2D eigenvalue weighted by atomic mass is 10.1. The van der Waals surface area contributed by atoms with Crippen molar-refractivity contribution in [3.8, 4) is 11.5 Å². The summed E-state index contributed by atoms with van der Waals surface area (Å²) in [4.78, 5) is 2.21. The first kappa shape index (κ1) is 13.8. The largest absolute Gasteiger partial charge is 0.493 e. The number of rotatable bonds is 4. The maximum atomic E-state index is 6.12. The van der Waals surface area contributed by atoms with Crippen LogP contribution in [-0.2, 0) is 4.74 Å². The molecule has 0 aliphatic carbocycles. The van der Waals surface area contributed by atoms with Crippen molar-refractivity contribution in [2.75, 3.05) is 45.1 Å². The van der Waals surface area contributed by atoms with Crippen molar-refractivity contribution in [2.45, 2.75) is 18.9 Å². The van der Waals surface area contributed by atoms with Crippen LogP contribution in [-0.4, -0.2) is 40.5 Å². The maximum absolute atomic E-state index is 6.12. The Balaban J connectivity index is 2.27. The van der Waals surface area contributed by atoms with Crippen molar-refractivity contribution in [3.05, 3.63) is 12.1 Å². The number of anilines is 2. The minimum Gasteiger partial charge on any atom is -0.493 e. The van der Waals surface area contributed by atoms with Crippen LogP contribution in [0.1, 0.15) is 12.8 Å². The molecular formula is C14H22N2O3. The SMILES string of the molecule is COc1cc(N)c(N(C)C2CCOCC2)cc1OC. The number of hydrogen-bond acceptors (Lipinski definition) is 5. The molecule has 5 heteroatoms. The third-order valence-corrected chi connectivity index (χ3v) is 3.65. The lowest BCUT2D eigenvalue weighted by molar-refractivity contribution is 0.0855. The Morgan fingerprint density at radius 2 is 1.74 bits per heavy atom. The standard InChI is InChI=1S/C14H22N2O3/c1-16(10-4-6-19-7-5-10)12-9-14(18-3)13(17-2)8-11(12)15/h8-10H,4-7,15H2,1-3H3. The molecule has 0 aromatic heterocycles. The second kappa shape index (κ2) is 6.02. The van der Waals surface area contributed by atoms with E-state index in [1.54, 1.807) is 14.2 Å². The normalized spacial score (nSPS) is 16.2. The lowest BCUT2D eigenvalue weighted by Gasteiger charge is -2.33. The minimum absolute atomic E-state index is 0.453. The quantitative estimate of drug-likeness (QED) is 0.844. The highest BCUT2D eigenvalue weighted by molar-refractivity contribution is 5.73. The molecule has 2 rings (SSSR count). The van der Waals surface area contributed by atoms with Gasteiger partial charge in [-0.1, -0.05) is 0 Å². The summed E-state index contributed by atoms with van der Waals surface area (Å²) < 4.78 is 16.0. The van der Waals surface area contributed by atoms with Gasteiger partial charge in [0.05, 0.1) is 25.6 Å². The predicted molar refractivity (Wildman–Crippen MR) is 76.2 cm³/mol. The van der Waals surface area contributed by atoms with E-state index in [1.165, 1.54) is 0 Å². The molecule has 0 spiro atoms. The molecule has 1 aliphatic rings. The predicted octanol–water partition coefficient (Wildman–Crippen LogP) is 1.90. The zero-order chi connectivity index (χ0) is 13.8. The molecule has 1 saturated heterocycles. The molecule has 0 bridgehead atoms. The molecule has 1 fully saturated rings. The topological polar surface area (TPSA) is 57.0 Å². The average molecular weight is 266 g/mol. The summed E-state index contributed by atoms with van der Waals surface area (Å²) in [6.07, 6.45) is 2.04. The van der Waals surface area contributed by atoms with Crippen molar-refractivity contribution >= 4 is 11.4 Å². The number of nitrogens with zero attached hydrogens (tertiary/aromatic N) is 1. The molecule has 2 N–H and O–H groups in total. The Morgan fingerprint density at radius 1 is 1.16 bits per heavy atom. The molecule has 19 heavy (non-hydrogen) atoms. The van der Waals surface area contributed by atoms with Gasteiger partial charge in [-0.3, -0.25) is 0 Å². The Labute approximate surface area is 114 Å². The van der Waals surface area contributed by atoms with E-state index in [2.05, 4.69) is 11.9 Å². The second-order valence-corrected chi connectivity index (χ2v) is 4.72. The first-order chi connectivity index (χ1) is 9.17. The number of nitrogens with two attached hydrogens (primary N) is 1. The third-order valence-electron chi connectivity index (χ3n) is 3.65. The van der Waals surface area contributed by atoms with Crippen molar-refractivity contribution in [1.82, 2.24) is 0 Å². The molecule has 0 unspecified atom stereocenters. The van der Waals surface area contributed by atoms with E-state index in [1.807, 2.05) is 12.1 Å². The number of methoxy groups -OCH3 is 2. The van der Waals surface area contributed by atoms with E-state index in [9.17, 15) is 0 Å². The summed E-state index contributed by atoms with van der Waals surface area (Å²) in [5.74, 6) is 1.36. The van der Waals surface area contributed by atoms with Crippen LogP contribution in [0, 0.1) is 0 Å². The fourth-order valence-corrected chi connectivity index (χ4v) is 2.46. The highest BCUT2D eigenvalue weighted by Gasteiger charge is 2.21. The first-order valence-corrected chi connectivity index (χ1v) is 6.49. The van der Waals surface area contributed by atoms with Gasteiger partial charge in [-0.05, 0) is 12.8 Å². The van der Waals surface area contributed by atoms with E-state index in [-0.39, 0.29) is 0 Å². The lowest BCUT2D eigenvalue weighted by Crippen LogP contribution is -2.37. The number of ether oxygens (including phenoxy) is 3. The summed E-state index contributed by atoms with van der Waals surface area (Å²) in [5, 5.41) is 0. The van der Waals surface area contributed by atoms with Crippen LogP contribution in [0.2, 0.25) is 0 Å². The summed E-state index contributed by atoms with van der Waals surface area (Å²) in [6, 6.07) is 4.20. The summed E-state index contributed by atoms with van der Waals surface area (Å²) in [6.45, 7) is 1.62. The Hall–Kier alpha value is -1.62. The van der Waals surface area contributed by atoms with Gasteiger partial charge < -0.3 is 24.8 Å². The van der Waals surface area contributed by atoms with Crippen molar-refractivity contribution in [2.24, 2.45) is 0 Å². The Bertz CT molecular complexity index is 431. The summed E-state index contributed by atoms with van der Waals surface area (Å²) in [7, 11) is 5.30. The van der Waals surface area contributed by atoms with E-state index in [0.29, 0.717) is 23.2 Å². The zero-order valence-corrected chi connectivity index (χ0v) is 11.8. The molecule has 1 heterocycles. The highest BCUT2D eigenvalue weighted by Crippen LogP contribution is 2.37. The van der Waals surface area contributed by atoms with Crippen molar-refractivity contribution < 1.29 is 14.2 Å². The van der Waals surface area contributed by atoms with Crippen molar-refractivity contribution in [1.29, 1.82) is 0 Å². The number of hydrogen-bond donors (Lipinski definition) is 1. The van der Waals surface area contributed by atoms with Gasteiger partial charge in [-0.25, -0.2) is 0 Å². The fraction of sp³-hybridized carbons (Fsp3) is 0.571.